The van der Waals surface area contributed by atoms with Crippen LogP contribution >= 0.6 is 0 Å². The summed E-state index contributed by atoms with van der Waals surface area (Å²) < 4.78 is 25.0. The summed E-state index contributed by atoms with van der Waals surface area (Å²) in [4.78, 5) is 2.42. The minimum absolute atomic E-state index is 0.147. The Hall–Kier alpha value is -3.62. The molecule has 0 saturated carbocycles. The SMILES string of the molecule is Cc1ccc(S(=O)(=O)N/N=C(C#Cc2ccccc2)\C=C\c2ccccc2)cc1. The molecule has 0 aromatic heterocycles. The van der Waals surface area contributed by atoms with Gasteiger partial charge >= 0.3 is 0 Å². The minimum Gasteiger partial charge on any atom is -0.200 e. The number of rotatable bonds is 5. The third-order valence-corrected chi connectivity index (χ3v) is 5.18. The molecule has 5 heteroatoms. The van der Waals surface area contributed by atoms with Crippen LogP contribution in [-0.4, -0.2) is 14.1 Å². The van der Waals surface area contributed by atoms with E-state index in [0.29, 0.717) is 5.71 Å². The Labute approximate surface area is 171 Å². The molecule has 0 bridgehead atoms. The molecule has 3 rings (SSSR count). The molecule has 0 saturated heterocycles. The molecule has 0 fully saturated rings. The molecule has 1 N–H and O–H groups in total. The summed E-state index contributed by atoms with van der Waals surface area (Å²) >= 11 is 0. The van der Waals surface area contributed by atoms with Crippen LogP contribution in [0.25, 0.3) is 6.08 Å². The average Bonchev–Trinajstić information content (AvgIpc) is 2.75. The highest BCUT2D eigenvalue weighted by Gasteiger charge is 2.12. The van der Waals surface area contributed by atoms with Gasteiger partial charge in [-0.1, -0.05) is 78.2 Å². The van der Waals surface area contributed by atoms with Gasteiger partial charge in [-0.05, 0) is 48.7 Å². The zero-order valence-corrected chi connectivity index (χ0v) is 16.7. The number of hydrazone groups is 1. The second-order valence-electron chi connectivity index (χ2n) is 6.26. The zero-order valence-electron chi connectivity index (χ0n) is 15.9. The molecule has 0 amide bonds. The summed E-state index contributed by atoms with van der Waals surface area (Å²) in [6, 6.07) is 25.7. The van der Waals surface area contributed by atoms with Crippen molar-refractivity contribution in [2.24, 2.45) is 5.10 Å². The van der Waals surface area contributed by atoms with Gasteiger partial charge in [0.25, 0.3) is 10.0 Å². The van der Waals surface area contributed by atoms with Crippen LogP contribution in [0.4, 0.5) is 0 Å². The van der Waals surface area contributed by atoms with E-state index in [1.165, 1.54) is 0 Å². The van der Waals surface area contributed by atoms with Crippen molar-refractivity contribution in [1.29, 1.82) is 0 Å². The van der Waals surface area contributed by atoms with E-state index < -0.39 is 10.0 Å². The lowest BCUT2D eigenvalue weighted by Crippen LogP contribution is -2.19. The van der Waals surface area contributed by atoms with Crippen molar-refractivity contribution < 1.29 is 8.42 Å². The highest BCUT2D eigenvalue weighted by Crippen LogP contribution is 2.10. The molecule has 4 nitrogen and oxygen atoms in total. The van der Waals surface area contributed by atoms with Gasteiger partial charge < -0.3 is 0 Å². The summed E-state index contributed by atoms with van der Waals surface area (Å²) in [6.45, 7) is 1.90. The number of sulfonamides is 1. The smallest absolute Gasteiger partial charge is 0.200 e. The van der Waals surface area contributed by atoms with E-state index in [4.69, 9.17) is 0 Å². The Balaban J connectivity index is 1.88. The summed E-state index contributed by atoms with van der Waals surface area (Å²) in [5, 5.41) is 4.04. The predicted molar refractivity (Wildman–Crippen MR) is 118 cm³/mol. The van der Waals surface area contributed by atoms with E-state index in [0.717, 1.165) is 16.7 Å². The topological polar surface area (TPSA) is 58.5 Å². The largest absolute Gasteiger partial charge is 0.276 e. The van der Waals surface area contributed by atoms with Crippen molar-refractivity contribution in [3.8, 4) is 11.8 Å². The van der Waals surface area contributed by atoms with Crippen LogP contribution in [0, 0.1) is 18.8 Å². The third kappa shape index (κ3) is 6.20. The van der Waals surface area contributed by atoms with Crippen LogP contribution in [0.2, 0.25) is 0 Å². The summed E-state index contributed by atoms with van der Waals surface area (Å²) in [5.41, 5.74) is 3.05. The van der Waals surface area contributed by atoms with Crippen molar-refractivity contribution in [1.82, 2.24) is 4.83 Å². The Morgan fingerprint density at radius 1 is 0.897 bits per heavy atom. The molecule has 0 atom stereocenters. The number of nitrogens with zero attached hydrogens (tertiary/aromatic N) is 1. The Morgan fingerprint density at radius 2 is 1.52 bits per heavy atom. The van der Waals surface area contributed by atoms with Gasteiger partial charge in [0.15, 0.2) is 0 Å². The van der Waals surface area contributed by atoms with Crippen molar-refractivity contribution in [3.63, 3.8) is 0 Å². The normalized spacial score (nSPS) is 11.7. The molecule has 144 valence electrons. The van der Waals surface area contributed by atoms with Gasteiger partial charge in [0.1, 0.15) is 5.71 Å². The maximum atomic E-state index is 12.5. The molecule has 0 aliphatic rings. The third-order valence-electron chi connectivity index (χ3n) is 3.96. The molecule has 0 radical (unpaired) electrons. The molecule has 0 spiro atoms. The van der Waals surface area contributed by atoms with Crippen molar-refractivity contribution in [2.75, 3.05) is 0 Å². The number of allylic oxidation sites excluding steroid dienone is 1. The first kappa shape index (κ1) is 20.1. The lowest BCUT2D eigenvalue weighted by molar-refractivity contribution is 0.584. The maximum absolute atomic E-state index is 12.5. The molecule has 0 aliphatic heterocycles. The predicted octanol–water partition coefficient (Wildman–Crippen LogP) is 4.39. The minimum atomic E-state index is -3.78. The molecule has 0 heterocycles. The lowest BCUT2D eigenvalue weighted by atomic mass is 10.2. The van der Waals surface area contributed by atoms with Crippen LogP contribution in [0.3, 0.4) is 0 Å². The molecule has 0 unspecified atom stereocenters. The first-order valence-electron chi connectivity index (χ1n) is 8.99. The van der Waals surface area contributed by atoms with Gasteiger partial charge in [-0.3, -0.25) is 0 Å². The Bertz CT molecular complexity index is 1170. The van der Waals surface area contributed by atoms with E-state index in [9.17, 15) is 8.42 Å². The van der Waals surface area contributed by atoms with E-state index in [1.807, 2.05) is 73.7 Å². The van der Waals surface area contributed by atoms with Gasteiger partial charge in [0.2, 0.25) is 0 Å². The van der Waals surface area contributed by atoms with E-state index in [1.54, 1.807) is 30.3 Å². The highest BCUT2D eigenvalue weighted by atomic mass is 32.2. The number of hydrogen-bond acceptors (Lipinski definition) is 3. The number of nitrogens with one attached hydrogen (secondary N) is 1. The first-order chi connectivity index (χ1) is 14.0. The first-order valence-corrected chi connectivity index (χ1v) is 10.5. The monoisotopic (exact) mass is 400 g/mol. The fourth-order valence-corrected chi connectivity index (χ4v) is 3.20. The van der Waals surface area contributed by atoms with Crippen LogP contribution < -0.4 is 4.83 Å². The summed E-state index contributed by atoms with van der Waals surface area (Å²) in [7, 11) is -3.78. The fraction of sp³-hybridized carbons (Fsp3) is 0.0417. The van der Waals surface area contributed by atoms with Gasteiger partial charge in [-0.2, -0.15) is 18.4 Å². The summed E-state index contributed by atoms with van der Waals surface area (Å²) in [6.07, 6.45) is 3.52. The van der Waals surface area contributed by atoms with Gasteiger partial charge in [-0.15, -0.1) is 0 Å². The number of aryl methyl sites for hydroxylation is 1. The molecule has 3 aromatic carbocycles. The van der Waals surface area contributed by atoms with Crippen LogP contribution in [0.1, 0.15) is 16.7 Å². The maximum Gasteiger partial charge on any atom is 0.276 e. The quantitative estimate of drug-likeness (QED) is 0.392. The second kappa shape index (κ2) is 9.54. The van der Waals surface area contributed by atoms with Crippen LogP contribution in [-0.2, 0) is 10.0 Å². The summed E-state index contributed by atoms with van der Waals surface area (Å²) in [5.74, 6) is 5.92. The van der Waals surface area contributed by atoms with Crippen molar-refractivity contribution >= 4 is 21.8 Å². The second-order valence-corrected chi connectivity index (χ2v) is 7.93. The average molecular weight is 401 g/mol. The van der Waals surface area contributed by atoms with Gasteiger partial charge in [-0.25, -0.2) is 0 Å². The number of benzene rings is 3. The highest BCUT2D eigenvalue weighted by molar-refractivity contribution is 7.89. The fourth-order valence-electron chi connectivity index (χ4n) is 2.38. The molecule has 29 heavy (non-hydrogen) atoms. The molecule has 0 aliphatic carbocycles. The van der Waals surface area contributed by atoms with Crippen molar-refractivity contribution in [3.05, 3.63) is 108 Å². The van der Waals surface area contributed by atoms with E-state index in [2.05, 4.69) is 21.8 Å². The van der Waals surface area contributed by atoms with Gasteiger partial charge in [0.05, 0.1) is 4.90 Å². The lowest BCUT2D eigenvalue weighted by Gasteiger charge is -2.04. The van der Waals surface area contributed by atoms with Crippen LogP contribution in [0.15, 0.2) is 101 Å². The van der Waals surface area contributed by atoms with Crippen molar-refractivity contribution in [2.45, 2.75) is 11.8 Å². The molecular formula is C24H20N2O2S. The Morgan fingerprint density at radius 3 is 2.17 bits per heavy atom. The number of hydrogen-bond donors (Lipinski definition) is 1. The zero-order chi connectivity index (χ0) is 20.5. The Kier molecular flexibility index (Phi) is 6.62. The van der Waals surface area contributed by atoms with Gasteiger partial charge in [0, 0.05) is 5.56 Å². The molecular weight excluding hydrogens is 380 g/mol. The van der Waals surface area contributed by atoms with E-state index >= 15 is 0 Å². The molecule has 3 aromatic rings. The van der Waals surface area contributed by atoms with Crippen LogP contribution in [0.5, 0.6) is 0 Å². The standard InChI is InChI=1S/C24H20N2O2S/c1-20-12-18-24(19-13-20)29(27,28)26-25-23(16-14-21-8-4-2-5-9-21)17-15-22-10-6-3-7-11-22/h2-14,16,18-19,26H,1H3/b16-14+,25-23+. The van der Waals surface area contributed by atoms with E-state index in [-0.39, 0.29) is 4.90 Å².